The second kappa shape index (κ2) is 26.8. The standard InChI is InChI=1S/C51H80N6O13/c1-9-32(4)45(39(67-7)30-43(61)55-22-13-16-38(55)47(68-8)33(5)48(62)52-37(51(65)66)28-34-14-11-10-12-15-34)54(6)50(64)44(31(2)3)53-49(63)46-35-17-18-36(29-35)57(46)42(60)21-24-69-26-27-70-25-23-56-40(58)19-20-41(56)59/h10-12,14-15,19-20,31-33,35-41,44-47,58-59H,9,13,16-18,21-30H2,1-8H3,(H,52,62)(H,53,63)(H,65,66)/t32-,33+,35-,36+,37-,38-,39+,40?,41?,44-,45-,46-,47+/m0/s1. The Morgan fingerprint density at radius 2 is 1.53 bits per heavy atom. The largest absolute Gasteiger partial charge is 0.480 e. The summed E-state index contributed by atoms with van der Waals surface area (Å²) in [6.45, 7) is 11.1. The summed E-state index contributed by atoms with van der Waals surface area (Å²) in [5.74, 6) is -4.05. The number of hydrogen-bond donors (Lipinski definition) is 5. The third kappa shape index (κ3) is 14.1. The maximum atomic E-state index is 14.7. The molecule has 4 aliphatic rings. The van der Waals surface area contributed by atoms with Crippen molar-refractivity contribution in [1.29, 1.82) is 0 Å². The number of fused-ring (bicyclic) bond motifs is 2. The number of hydrogen-bond acceptors (Lipinski definition) is 13. The molecule has 19 nitrogen and oxygen atoms in total. The number of likely N-dealkylation sites (tertiary alicyclic amines) is 2. The van der Waals surface area contributed by atoms with E-state index in [1.54, 1.807) is 40.8 Å². The lowest BCUT2D eigenvalue weighted by molar-refractivity contribution is -0.149. The molecule has 1 saturated carbocycles. The molecule has 1 aliphatic carbocycles. The van der Waals surface area contributed by atoms with Gasteiger partial charge in [0.25, 0.3) is 0 Å². The lowest BCUT2D eigenvalue weighted by atomic mass is 9.89. The second-order valence-electron chi connectivity index (χ2n) is 19.8. The van der Waals surface area contributed by atoms with Crippen molar-refractivity contribution in [2.45, 2.75) is 153 Å². The van der Waals surface area contributed by atoms with Gasteiger partial charge in [0.15, 0.2) is 0 Å². The van der Waals surface area contributed by atoms with Crippen LogP contribution < -0.4 is 10.6 Å². The first kappa shape index (κ1) is 56.4. The molecule has 392 valence electrons. The van der Waals surface area contributed by atoms with E-state index in [0.717, 1.165) is 18.4 Å². The number of aliphatic hydroxyl groups is 2. The Kier molecular flexibility index (Phi) is 21.6. The summed E-state index contributed by atoms with van der Waals surface area (Å²) >= 11 is 0. The van der Waals surface area contributed by atoms with E-state index in [9.17, 15) is 44.1 Å². The molecule has 5 amide bonds. The molecule has 5 rings (SSSR count). The van der Waals surface area contributed by atoms with Gasteiger partial charge in [0.2, 0.25) is 29.5 Å². The number of aliphatic hydroxyl groups excluding tert-OH is 2. The molecule has 2 saturated heterocycles. The van der Waals surface area contributed by atoms with Gasteiger partial charge in [-0.15, -0.1) is 0 Å². The molecular weight excluding hydrogens is 905 g/mol. The van der Waals surface area contributed by atoms with Gasteiger partial charge in [-0.2, -0.15) is 0 Å². The normalized spacial score (nSPS) is 25.1. The molecule has 2 unspecified atom stereocenters. The van der Waals surface area contributed by atoms with Crippen LogP contribution in [0.1, 0.15) is 91.5 Å². The number of likely N-dealkylation sites (N-methyl/N-ethyl adjacent to an activating group) is 1. The number of aliphatic carboxylic acids is 1. The van der Waals surface area contributed by atoms with Crippen LogP contribution in [-0.2, 0) is 54.1 Å². The molecule has 0 aromatic heterocycles. The van der Waals surface area contributed by atoms with Crippen LogP contribution in [0.4, 0.5) is 0 Å². The van der Waals surface area contributed by atoms with E-state index in [0.29, 0.717) is 38.8 Å². The van der Waals surface area contributed by atoms with Crippen molar-refractivity contribution < 1.29 is 63.0 Å². The predicted molar refractivity (Wildman–Crippen MR) is 258 cm³/mol. The number of methoxy groups -OCH3 is 2. The van der Waals surface area contributed by atoms with Crippen molar-refractivity contribution in [3.8, 4) is 0 Å². The Hall–Kier alpha value is -4.50. The van der Waals surface area contributed by atoms with Crippen molar-refractivity contribution in [3.05, 3.63) is 48.0 Å². The van der Waals surface area contributed by atoms with Crippen molar-refractivity contribution in [2.24, 2.45) is 23.7 Å². The fraction of sp³-hybridized carbons (Fsp3) is 0.725. The number of ether oxygens (including phenoxy) is 4. The van der Waals surface area contributed by atoms with E-state index in [4.69, 9.17) is 18.9 Å². The van der Waals surface area contributed by atoms with Crippen LogP contribution in [0.3, 0.4) is 0 Å². The molecule has 70 heavy (non-hydrogen) atoms. The molecule has 19 heteroatoms. The number of carbonyl (C=O) groups is 6. The number of benzene rings is 1. The average molecular weight is 985 g/mol. The number of carboxylic acids is 1. The molecule has 2 bridgehead atoms. The van der Waals surface area contributed by atoms with Crippen LogP contribution in [0, 0.1) is 23.7 Å². The van der Waals surface area contributed by atoms with E-state index >= 15 is 0 Å². The van der Waals surface area contributed by atoms with E-state index in [1.165, 1.54) is 31.3 Å². The minimum atomic E-state index is -1.16. The fourth-order valence-corrected chi connectivity index (χ4v) is 10.9. The smallest absolute Gasteiger partial charge is 0.326 e. The second-order valence-corrected chi connectivity index (χ2v) is 19.8. The van der Waals surface area contributed by atoms with E-state index in [-0.39, 0.29) is 93.1 Å². The van der Waals surface area contributed by atoms with Crippen LogP contribution in [0.5, 0.6) is 0 Å². The van der Waals surface area contributed by atoms with Crippen LogP contribution in [0.2, 0.25) is 0 Å². The Balaban J connectivity index is 1.18. The highest BCUT2D eigenvalue weighted by atomic mass is 16.5. The van der Waals surface area contributed by atoms with Gasteiger partial charge in [0, 0.05) is 46.8 Å². The molecule has 1 aromatic carbocycles. The number of nitrogens with zero attached hydrogens (tertiary/aromatic N) is 4. The molecule has 0 spiro atoms. The van der Waals surface area contributed by atoms with Gasteiger partial charge in [-0.25, -0.2) is 9.69 Å². The summed E-state index contributed by atoms with van der Waals surface area (Å²) in [5, 5.41) is 35.5. The summed E-state index contributed by atoms with van der Waals surface area (Å²) in [7, 11) is 4.68. The van der Waals surface area contributed by atoms with Gasteiger partial charge < -0.3 is 59.6 Å². The third-order valence-corrected chi connectivity index (χ3v) is 15.0. The SMILES string of the molecule is CC[C@H](C)[C@@H]([C@@H](CC(=O)N1CCC[C@H]1[C@H](OC)[C@@H](C)C(=O)N[C@@H](Cc1ccccc1)C(=O)O)OC)N(C)C(=O)[C@@H](NC(=O)[C@@H]1[C@H]2CC[C@H](C2)N1C(=O)CCOCCOCCN1C(O)C=CC1O)C(C)C. The van der Waals surface area contributed by atoms with E-state index < -0.39 is 72.7 Å². The topological polar surface area (TPSA) is 237 Å². The predicted octanol–water partition coefficient (Wildman–Crippen LogP) is 2.17. The third-order valence-electron chi connectivity index (χ3n) is 15.0. The first-order valence-electron chi connectivity index (χ1n) is 25.2. The summed E-state index contributed by atoms with van der Waals surface area (Å²) in [6, 6.07) is 5.13. The molecule has 3 heterocycles. The van der Waals surface area contributed by atoms with Crippen LogP contribution in [-0.4, -0.2) is 192 Å². The first-order chi connectivity index (χ1) is 33.4. The van der Waals surface area contributed by atoms with Gasteiger partial charge in [-0.3, -0.25) is 24.0 Å². The number of carbonyl (C=O) groups excluding carboxylic acids is 5. The highest BCUT2D eigenvalue weighted by Crippen LogP contribution is 2.43. The number of rotatable bonds is 28. The lowest BCUT2D eigenvalue weighted by Crippen LogP contribution is -2.60. The van der Waals surface area contributed by atoms with Crippen molar-refractivity contribution in [1.82, 2.24) is 30.2 Å². The number of piperidine rings is 1. The van der Waals surface area contributed by atoms with Gasteiger partial charge in [0.05, 0.1) is 69.5 Å². The van der Waals surface area contributed by atoms with Crippen LogP contribution in [0.15, 0.2) is 42.5 Å². The number of carboxylic acid groups (broad SMARTS) is 1. The Labute approximate surface area is 413 Å². The Morgan fingerprint density at radius 3 is 2.14 bits per heavy atom. The van der Waals surface area contributed by atoms with Crippen LogP contribution >= 0.6 is 0 Å². The molecule has 0 radical (unpaired) electrons. The molecule has 1 aromatic rings. The average Bonchev–Trinajstić information content (AvgIpc) is 4.17. The van der Waals surface area contributed by atoms with Gasteiger partial charge >= 0.3 is 5.97 Å². The zero-order valence-electron chi connectivity index (χ0n) is 42.4. The maximum Gasteiger partial charge on any atom is 0.326 e. The highest BCUT2D eigenvalue weighted by Gasteiger charge is 2.52. The van der Waals surface area contributed by atoms with E-state index in [1.807, 2.05) is 45.9 Å². The van der Waals surface area contributed by atoms with Crippen molar-refractivity contribution in [3.63, 3.8) is 0 Å². The number of amides is 5. The number of nitrogens with one attached hydrogen (secondary N) is 2. The van der Waals surface area contributed by atoms with Crippen molar-refractivity contribution >= 4 is 35.5 Å². The molecule has 13 atom stereocenters. The van der Waals surface area contributed by atoms with Crippen molar-refractivity contribution in [2.75, 3.05) is 60.8 Å². The zero-order chi connectivity index (χ0) is 51.2. The van der Waals surface area contributed by atoms with Gasteiger partial charge in [-0.05, 0) is 67.6 Å². The molecule has 3 aliphatic heterocycles. The van der Waals surface area contributed by atoms with Gasteiger partial charge in [0.1, 0.15) is 30.6 Å². The molecule has 3 fully saturated rings. The maximum absolute atomic E-state index is 14.7. The van der Waals surface area contributed by atoms with Gasteiger partial charge in [-0.1, -0.05) is 71.4 Å². The van der Waals surface area contributed by atoms with E-state index in [2.05, 4.69) is 10.6 Å². The lowest BCUT2D eigenvalue weighted by Gasteiger charge is -2.41. The minimum absolute atomic E-state index is 0.0331. The summed E-state index contributed by atoms with van der Waals surface area (Å²) < 4.78 is 23.2. The molecular formula is C51H80N6O13. The zero-order valence-corrected chi connectivity index (χ0v) is 42.4. The Bertz CT molecular complexity index is 1910. The highest BCUT2D eigenvalue weighted by molar-refractivity contribution is 5.93. The quantitative estimate of drug-likeness (QED) is 0.0598. The summed E-state index contributed by atoms with van der Waals surface area (Å²) in [4.78, 5) is 89.4. The minimum Gasteiger partial charge on any atom is -0.480 e. The Morgan fingerprint density at radius 1 is 0.857 bits per heavy atom. The fourth-order valence-electron chi connectivity index (χ4n) is 10.9. The van der Waals surface area contributed by atoms with Crippen LogP contribution in [0.25, 0.3) is 0 Å². The first-order valence-corrected chi connectivity index (χ1v) is 25.2. The molecule has 5 N–H and O–H groups in total. The monoisotopic (exact) mass is 985 g/mol. The summed E-state index contributed by atoms with van der Waals surface area (Å²) in [5.41, 5.74) is 0.766. The summed E-state index contributed by atoms with van der Waals surface area (Å²) in [6.07, 6.45) is 4.18.